The Labute approximate surface area is 408 Å². The van der Waals surface area contributed by atoms with E-state index in [1.54, 1.807) is 0 Å². The summed E-state index contributed by atoms with van der Waals surface area (Å²) in [6.07, 6.45) is 4.76. The fourth-order valence-electron chi connectivity index (χ4n) is 13.0. The lowest BCUT2D eigenvalue weighted by Crippen LogP contribution is -2.70. The third-order valence-corrected chi connectivity index (χ3v) is 16.9. The van der Waals surface area contributed by atoms with E-state index in [-0.39, 0.29) is 28.6 Å². The molecule has 0 N–H and O–H groups in total. The van der Waals surface area contributed by atoms with Crippen LogP contribution in [-0.2, 0) is 16.2 Å². The number of para-hydroxylation sites is 3. The molecule has 4 heterocycles. The Hall–Kier alpha value is -6.98. The molecule has 5 heteroatoms. The van der Waals surface area contributed by atoms with Crippen LogP contribution in [0.2, 0.25) is 0 Å². The highest BCUT2D eigenvalue weighted by molar-refractivity contribution is 6.93. The molecule has 1 fully saturated rings. The fourth-order valence-corrected chi connectivity index (χ4v) is 13.0. The first-order chi connectivity index (χ1) is 33.2. The standard InChI is InChI=1S/C64H60BN3O/c1-61(2,3)42-30-33-54(49(36-42)41-22-12-9-13-23-41)67-55-40-46(66(44-24-14-10-15-25-44)45-26-16-11-17-27-45)39-50-51-37-43(62(4,5)6)38-52-58(51)68(64(8)35-21-20-34-63(52,64)7)65(57(50)55)53-32-31-48-47-28-18-19-29-56(47)69-60(48)59(53)67/h9-19,22-33,36-40H,20-21,34-35H2,1-8H3. The van der Waals surface area contributed by atoms with Crippen molar-refractivity contribution >= 4 is 79.5 Å². The smallest absolute Gasteiger partial charge is 0.329 e. The molecular formula is C64H60BN3O. The van der Waals surface area contributed by atoms with E-state index in [4.69, 9.17) is 4.42 Å². The van der Waals surface area contributed by atoms with Crippen LogP contribution in [0, 0.1) is 0 Å². The number of rotatable bonds is 5. The molecule has 2 unspecified atom stereocenters. The maximum atomic E-state index is 7.28. The zero-order valence-corrected chi connectivity index (χ0v) is 41.3. The molecule has 0 radical (unpaired) electrons. The molecule has 4 nitrogen and oxygen atoms in total. The van der Waals surface area contributed by atoms with Crippen molar-refractivity contribution in [3.63, 3.8) is 0 Å². The number of fused-ring (bicyclic) bond motifs is 11. The highest BCUT2D eigenvalue weighted by atomic mass is 16.3. The SMILES string of the molecule is CC(C)(C)c1ccc(N2c3cc(N(c4ccccc4)c4ccccc4)cc4c3B(c3ccc5c(oc6ccccc65)c32)N2c3c-4cc(C(C)(C)C)cc3C3(C)CCCCC23C)c(-c2ccccc2)c1. The van der Waals surface area contributed by atoms with Crippen molar-refractivity contribution in [2.45, 2.75) is 103 Å². The minimum absolute atomic E-state index is 0.0498. The molecule has 340 valence electrons. The summed E-state index contributed by atoms with van der Waals surface area (Å²) >= 11 is 0. The summed E-state index contributed by atoms with van der Waals surface area (Å²) in [5, 5.41) is 2.28. The topological polar surface area (TPSA) is 22.9 Å². The van der Waals surface area contributed by atoms with Gasteiger partial charge in [0.05, 0.1) is 11.4 Å². The maximum absolute atomic E-state index is 7.28. The van der Waals surface area contributed by atoms with Crippen LogP contribution in [0.1, 0.15) is 97.8 Å². The van der Waals surface area contributed by atoms with Gasteiger partial charge in [-0.15, -0.1) is 0 Å². The average molecular weight is 898 g/mol. The predicted octanol–water partition coefficient (Wildman–Crippen LogP) is 16.3. The number of furan rings is 1. The Kier molecular flexibility index (Phi) is 9.02. The van der Waals surface area contributed by atoms with Crippen molar-refractivity contribution in [3.05, 3.63) is 187 Å². The summed E-state index contributed by atoms with van der Waals surface area (Å²) in [5.41, 5.74) is 21.7. The van der Waals surface area contributed by atoms with Crippen LogP contribution in [0.5, 0.6) is 0 Å². The van der Waals surface area contributed by atoms with Gasteiger partial charge in [0, 0.05) is 61.3 Å². The van der Waals surface area contributed by atoms with Gasteiger partial charge in [-0.25, -0.2) is 0 Å². The molecule has 3 aliphatic heterocycles. The molecule has 13 rings (SSSR count). The molecule has 9 aromatic rings. The van der Waals surface area contributed by atoms with E-state index in [2.05, 4.69) is 240 Å². The van der Waals surface area contributed by atoms with Gasteiger partial charge in [0.1, 0.15) is 5.58 Å². The van der Waals surface area contributed by atoms with Gasteiger partial charge in [0.2, 0.25) is 0 Å². The van der Waals surface area contributed by atoms with E-state index in [1.807, 2.05) is 0 Å². The van der Waals surface area contributed by atoms with Crippen LogP contribution in [-0.4, -0.2) is 12.4 Å². The molecule has 8 aromatic carbocycles. The molecule has 2 atom stereocenters. The molecule has 0 spiro atoms. The Morgan fingerprint density at radius 2 is 1.17 bits per heavy atom. The first-order valence-electron chi connectivity index (χ1n) is 25.3. The molecule has 0 bridgehead atoms. The van der Waals surface area contributed by atoms with Crippen molar-refractivity contribution in [1.82, 2.24) is 0 Å². The highest BCUT2D eigenvalue weighted by Crippen LogP contribution is 2.64. The minimum Gasteiger partial charge on any atom is -0.454 e. The van der Waals surface area contributed by atoms with Crippen molar-refractivity contribution in [2.24, 2.45) is 0 Å². The lowest BCUT2D eigenvalue weighted by molar-refractivity contribution is 0.199. The van der Waals surface area contributed by atoms with Crippen LogP contribution in [0.4, 0.5) is 39.8 Å². The van der Waals surface area contributed by atoms with Gasteiger partial charge in [-0.3, -0.25) is 0 Å². The molecule has 69 heavy (non-hydrogen) atoms. The average Bonchev–Trinajstić information content (AvgIpc) is 3.83. The first kappa shape index (κ1) is 42.2. The lowest BCUT2D eigenvalue weighted by atomic mass is 9.42. The third kappa shape index (κ3) is 6.01. The molecule has 0 saturated heterocycles. The number of anilines is 7. The summed E-state index contributed by atoms with van der Waals surface area (Å²) in [5.74, 6) is 0. The van der Waals surface area contributed by atoms with Gasteiger partial charge < -0.3 is 19.0 Å². The predicted molar refractivity (Wildman–Crippen MR) is 293 cm³/mol. The second kappa shape index (κ2) is 14.8. The van der Waals surface area contributed by atoms with E-state index in [9.17, 15) is 0 Å². The van der Waals surface area contributed by atoms with Crippen molar-refractivity contribution in [1.29, 1.82) is 0 Å². The van der Waals surface area contributed by atoms with Gasteiger partial charge in [0.25, 0.3) is 0 Å². The van der Waals surface area contributed by atoms with Gasteiger partial charge in [-0.1, -0.05) is 171 Å². The van der Waals surface area contributed by atoms with Crippen LogP contribution < -0.4 is 25.5 Å². The second-order valence-electron chi connectivity index (χ2n) is 22.8. The van der Waals surface area contributed by atoms with Crippen LogP contribution in [0.3, 0.4) is 0 Å². The number of hydrogen-bond donors (Lipinski definition) is 0. The number of nitrogens with zero attached hydrogens (tertiary/aromatic N) is 3. The van der Waals surface area contributed by atoms with Gasteiger partial charge in [-0.2, -0.15) is 0 Å². The van der Waals surface area contributed by atoms with Gasteiger partial charge >= 0.3 is 6.85 Å². The van der Waals surface area contributed by atoms with Gasteiger partial charge in [-0.05, 0) is 130 Å². The van der Waals surface area contributed by atoms with Crippen LogP contribution >= 0.6 is 0 Å². The molecule has 0 amide bonds. The highest BCUT2D eigenvalue weighted by Gasteiger charge is 2.63. The van der Waals surface area contributed by atoms with E-state index in [1.165, 1.54) is 80.5 Å². The normalized spacial score (nSPS) is 19.1. The van der Waals surface area contributed by atoms with Crippen molar-refractivity contribution < 1.29 is 4.42 Å². The van der Waals surface area contributed by atoms with Gasteiger partial charge in [0.15, 0.2) is 5.58 Å². The Morgan fingerprint density at radius 1 is 0.536 bits per heavy atom. The van der Waals surface area contributed by atoms with E-state index < -0.39 is 0 Å². The molecule has 1 aromatic heterocycles. The molecular weight excluding hydrogens is 838 g/mol. The zero-order valence-electron chi connectivity index (χ0n) is 41.3. The monoisotopic (exact) mass is 897 g/mol. The molecule has 1 aliphatic carbocycles. The van der Waals surface area contributed by atoms with Crippen molar-refractivity contribution in [3.8, 4) is 22.3 Å². The maximum Gasteiger partial charge on any atom is 0.329 e. The summed E-state index contributed by atoms with van der Waals surface area (Å²) in [7, 11) is 0. The Bertz CT molecular complexity index is 3490. The van der Waals surface area contributed by atoms with Crippen LogP contribution in [0.15, 0.2) is 174 Å². The summed E-state index contributed by atoms with van der Waals surface area (Å²) in [6, 6.07) is 63.8. The van der Waals surface area contributed by atoms with Crippen LogP contribution in [0.25, 0.3) is 44.2 Å². The Balaban J connectivity index is 1.23. The number of hydrogen-bond acceptors (Lipinski definition) is 4. The molecule has 1 saturated carbocycles. The zero-order chi connectivity index (χ0) is 47.2. The molecule has 4 aliphatic rings. The van der Waals surface area contributed by atoms with E-state index in [0.29, 0.717) is 0 Å². The van der Waals surface area contributed by atoms with E-state index in [0.717, 1.165) is 56.8 Å². The van der Waals surface area contributed by atoms with Crippen molar-refractivity contribution in [2.75, 3.05) is 14.6 Å². The minimum atomic E-state index is -0.136. The summed E-state index contributed by atoms with van der Waals surface area (Å²) in [4.78, 5) is 8.04. The quantitative estimate of drug-likeness (QED) is 0.161. The summed E-state index contributed by atoms with van der Waals surface area (Å²) < 4.78 is 7.28. The fraction of sp³-hybridized carbons (Fsp3) is 0.250. The third-order valence-electron chi connectivity index (χ3n) is 16.9. The first-order valence-corrected chi connectivity index (χ1v) is 25.3. The Morgan fingerprint density at radius 3 is 1.87 bits per heavy atom. The largest absolute Gasteiger partial charge is 0.454 e. The second-order valence-corrected chi connectivity index (χ2v) is 22.8. The number of benzene rings is 8. The lowest BCUT2D eigenvalue weighted by Gasteiger charge is -2.55. The summed E-state index contributed by atoms with van der Waals surface area (Å²) in [6.45, 7) is 19.3. The van der Waals surface area contributed by atoms with E-state index >= 15 is 0 Å².